The van der Waals surface area contributed by atoms with Gasteiger partial charge in [-0.3, -0.25) is 9.59 Å². The van der Waals surface area contributed by atoms with Crippen molar-refractivity contribution in [3.8, 4) is 5.75 Å². The summed E-state index contributed by atoms with van der Waals surface area (Å²) in [7, 11) is 1.64. The Morgan fingerprint density at radius 3 is 2.68 bits per heavy atom. The molecule has 2 aromatic rings. The molecule has 6 nitrogen and oxygen atoms in total. The van der Waals surface area contributed by atoms with Crippen LogP contribution in [0.2, 0.25) is 0 Å². The predicted molar refractivity (Wildman–Crippen MR) is 109 cm³/mol. The molecule has 7 heteroatoms. The van der Waals surface area contributed by atoms with Gasteiger partial charge in [-0.05, 0) is 39.0 Å². The molecule has 0 radical (unpaired) electrons. The van der Waals surface area contributed by atoms with Crippen LogP contribution in [0.3, 0.4) is 0 Å². The van der Waals surface area contributed by atoms with E-state index in [9.17, 15) is 9.59 Å². The summed E-state index contributed by atoms with van der Waals surface area (Å²) in [5.41, 5.74) is 0.973. The summed E-state index contributed by atoms with van der Waals surface area (Å²) in [5.74, 6) is 0.987. The zero-order valence-electron chi connectivity index (χ0n) is 16.6. The number of thioether (sulfide) groups is 1. The fraction of sp³-hybridized carbons (Fsp3) is 0.429. The highest BCUT2D eigenvalue weighted by atomic mass is 32.2. The van der Waals surface area contributed by atoms with Gasteiger partial charge in [-0.25, -0.2) is 0 Å². The molecule has 1 aliphatic heterocycles. The van der Waals surface area contributed by atoms with E-state index in [1.165, 1.54) is 6.26 Å². The van der Waals surface area contributed by atoms with Gasteiger partial charge in [0.1, 0.15) is 11.1 Å². The topological polar surface area (TPSA) is 63.0 Å². The van der Waals surface area contributed by atoms with Gasteiger partial charge >= 0.3 is 0 Å². The Morgan fingerprint density at radius 2 is 2.04 bits per heavy atom. The second-order valence-electron chi connectivity index (χ2n) is 6.97. The number of rotatable bonds is 7. The van der Waals surface area contributed by atoms with Crippen molar-refractivity contribution in [2.45, 2.75) is 37.4 Å². The standard InChI is InChI=1S/C21H26N2O4S/c1-14(2)22(20(25)18-10-7-13-27-18)11-12-23-19(24)15(3)28-21(23)16-8-5-6-9-17(16)26-4/h5-10,13-15,21H,11-12H2,1-4H3/t15-,21+/m0/s1. The monoisotopic (exact) mass is 402 g/mol. The molecule has 0 N–H and O–H groups in total. The molecular weight excluding hydrogens is 376 g/mol. The fourth-order valence-electron chi connectivity index (χ4n) is 3.36. The summed E-state index contributed by atoms with van der Waals surface area (Å²) in [6.45, 7) is 6.72. The molecule has 0 saturated carbocycles. The summed E-state index contributed by atoms with van der Waals surface area (Å²) < 4.78 is 10.8. The highest BCUT2D eigenvalue weighted by Crippen LogP contribution is 2.45. The summed E-state index contributed by atoms with van der Waals surface area (Å²) in [5, 5.41) is -0.269. The fourth-order valence-corrected chi connectivity index (χ4v) is 4.70. The highest BCUT2D eigenvalue weighted by Gasteiger charge is 2.40. The van der Waals surface area contributed by atoms with Crippen LogP contribution >= 0.6 is 11.8 Å². The second kappa shape index (κ2) is 8.73. The predicted octanol–water partition coefficient (Wildman–Crippen LogP) is 3.80. The van der Waals surface area contributed by atoms with Crippen LogP contribution in [0.15, 0.2) is 47.1 Å². The number of carbonyl (C=O) groups excluding carboxylic acids is 2. The molecule has 0 bridgehead atoms. The number of ether oxygens (including phenoxy) is 1. The van der Waals surface area contributed by atoms with Gasteiger partial charge in [0.2, 0.25) is 5.91 Å². The van der Waals surface area contributed by atoms with Gasteiger partial charge in [0, 0.05) is 24.7 Å². The Bertz CT molecular complexity index is 822. The zero-order chi connectivity index (χ0) is 20.3. The number of carbonyl (C=O) groups is 2. The van der Waals surface area contributed by atoms with Crippen LogP contribution in [0, 0.1) is 0 Å². The van der Waals surface area contributed by atoms with Crippen LogP contribution in [-0.2, 0) is 4.79 Å². The van der Waals surface area contributed by atoms with Gasteiger partial charge in [-0.2, -0.15) is 0 Å². The molecule has 1 saturated heterocycles. The minimum atomic E-state index is -0.166. The van der Waals surface area contributed by atoms with Crippen molar-refractivity contribution in [3.05, 3.63) is 54.0 Å². The number of methoxy groups -OCH3 is 1. The largest absolute Gasteiger partial charge is 0.496 e. The lowest BCUT2D eigenvalue weighted by atomic mass is 10.1. The van der Waals surface area contributed by atoms with Crippen molar-refractivity contribution in [1.29, 1.82) is 0 Å². The Balaban J connectivity index is 1.79. The Kier molecular flexibility index (Phi) is 6.34. The number of benzene rings is 1. The van der Waals surface area contributed by atoms with Crippen LogP contribution in [0.1, 0.15) is 42.3 Å². The second-order valence-corrected chi connectivity index (χ2v) is 8.40. The maximum absolute atomic E-state index is 12.8. The Morgan fingerprint density at radius 1 is 1.29 bits per heavy atom. The summed E-state index contributed by atoms with van der Waals surface area (Å²) in [6.07, 6.45) is 1.49. The quantitative estimate of drug-likeness (QED) is 0.705. The first-order valence-electron chi connectivity index (χ1n) is 9.37. The maximum atomic E-state index is 12.8. The van der Waals surface area contributed by atoms with Crippen LogP contribution < -0.4 is 4.74 Å². The first kappa shape index (κ1) is 20.3. The molecule has 28 heavy (non-hydrogen) atoms. The SMILES string of the molecule is COc1ccccc1[C@H]1S[C@@H](C)C(=O)N1CCN(C(=O)c1ccco1)C(C)C. The Labute approximate surface area is 169 Å². The van der Waals surface area contributed by atoms with Gasteiger partial charge < -0.3 is 19.0 Å². The molecule has 2 atom stereocenters. The average molecular weight is 403 g/mol. The molecule has 1 fully saturated rings. The van der Waals surface area contributed by atoms with E-state index >= 15 is 0 Å². The van der Waals surface area contributed by atoms with E-state index in [2.05, 4.69) is 0 Å². The third-order valence-electron chi connectivity index (χ3n) is 4.85. The number of amides is 2. The van der Waals surface area contributed by atoms with E-state index in [0.717, 1.165) is 11.3 Å². The minimum Gasteiger partial charge on any atom is -0.496 e. The van der Waals surface area contributed by atoms with E-state index in [-0.39, 0.29) is 28.5 Å². The van der Waals surface area contributed by atoms with Gasteiger partial charge in [-0.15, -0.1) is 11.8 Å². The van der Waals surface area contributed by atoms with Crippen molar-refractivity contribution < 1.29 is 18.7 Å². The number of hydrogen-bond donors (Lipinski definition) is 0. The van der Waals surface area contributed by atoms with Gasteiger partial charge in [-0.1, -0.05) is 18.2 Å². The summed E-state index contributed by atoms with van der Waals surface area (Å²) >= 11 is 1.60. The molecular formula is C21H26N2O4S. The van der Waals surface area contributed by atoms with Crippen molar-refractivity contribution in [2.24, 2.45) is 0 Å². The normalized spacial score (nSPS) is 19.3. The van der Waals surface area contributed by atoms with Crippen molar-refractivity contribution in [2.75, 3.05) is 20.2 Å². The lowest BCUT2D eigenvalue weighted by Crippen LogP contribution is -2.43. The molecule has 1 aromatic carbocycles. The van der Waals surface area contributed by atoms with E-state index < -0.39 is 0 Å². The van der Waals surface area contributed by atoms with E-state index in [4.69, 9.17) is 9.15 Å². The molecule has 0 aliphatic carbocycles. The van der Waals surface area contributed by atoms with Gasteiger partial charge in [0.15, 0.2) is 5.76 Å². The number of hydrogen-bond acceptors (Lipinski definition) is 5. The van der Waals surface area contributed by atoms with Crippen molar-refractivity contribution >= 4 is 23.6 Å². The third-order valence-corrected chi connectivity index (χ3v) is 6.23. The first-order chi connectivity index (χ1) is 13.4. The summed E-state index contributed by atoms with van der Waals surface area (Å²) in [6, 6.07) is 11.1. The first-order valence-corrected chi connectivity index (χ1v) is 10.3. The van der Waals surface area contributed by atoms with Crippen molar-refractivity contribution in [3.63, 3.8) is 0 Å². The molecule has 1 aliphatic rings. The lowest BCUT2D eigenvalue weighted by Gasteiger charge is -2.31. The molecule has 150 valence electrons. The average Bonchev–Trinajstić information content (AvgIpc) is 3.31. The maximum Gasteiger partial charge on any atom is 0.289 e. The smallest absolute Gasteiger partial charge is 0.289 e. The highest BCUT2D eigenvalue weighted by molar-refractivity contribution is 8.01. The van der Waals surface area contributed by atoms with Crippen LogP contribution in [0.5, 0.6) is 5.75 Å². The molecule has 3 rings (SSSR count). The molecule has 2 amide bonds. The third kappa shape index (κ3) is 4.04. The van der Waals surface area contributed by atoms with Crippen molar-refractivity contribution in [1.82, 2.24) is 9.80 Å². The van der Waals surface area contributed by atoms with E-state index in [1.54, 1.807) is 35.9 Å². The lowest BCUT2D eigenvalue weighted by molar-refractivity contribution is -0.130. The molecule has 1 aromatic heterocycles. The van der Waals surface area contributed by atoms with E-state index in [0.29, 0.717) is 18.8 Å². The number of para-hydroxylation sites is 1. The number of nitrogens with zero attached hydrogens (tertiary/aromatic N) is 2. The summed E-state index contributed by atoms with van der Waals surface area (Å²) in [4.78, 5) is 29.1. The molecule has 0 spiro atoms. The van der Waals surface area contributed by atoms with Crippen LogP contribution in [-0.4, -0.2) is 53.1 Å². The van der Waals surface area contributed by atoms with Gasteiger partial charge in [0.25, 0.3) is 5.91 Å². The van der Waals surface area contributed by atoms with Gasteiger partial charge in [0.05, 0.1) is 18.6 Å². The number of furan rings is 1. The van der Waals surface area contributed by atoms with E-state index in [1.807, 2.05) is 49.9 Å². The van der Waals surface area contributed by atoms with Crippen LogP contribution in [0.4, 0.5) is 0 Å². The Hall–Kier alpha value is -2.41. The molecule has 0 unspecified atom stereocenters. The minimum absolute atomic E-state index is 0.00917. The molecule has 2 heterocycles. The zero-order valence-corrected chi connectivity index (χ0v) is 17.4. The van der Waals surface area contributed by atoms with Crippen LogP contribution in [0.25, 0.3) is 0 Å².